The summed E-state index contributed by atoms with van der Waals surface area (Å²) in [5.74, 6) is -1.66. The third kappa shape index (κ3) is 6.79. The number of aliphatic hydroxyl groups is 2. The molecule has 0 saturated carbocycles. The van der Waals surface area contributed by atoms with E-state index in [-0.39, 0.29) is 40.4 Å². The molecular weight excluding hydrogens is 651 g/mol. The maximum absolute atomic E-state index is 12.9. The number of aromatic amines is 1. The Bertz CT molecular complexity index is 2160. The number of fused-ring (bicyclic) bond motifs is 1. The van der Waals surface area contributed by atoms with Gasteiger partial charge >= 0.3 is 5.97 Å². The molecule has 0 fully saturated rings. The van der Waals surface area contributed by atoms with Gasteiger partial charge in [0.15, 0.2) is 0 Å². The molecule has 1 amide bonds. The first-order chi connectivity index (χ1) is 23.1. The van der Waals surface area contributed by atoms with Crippen molar-refractivity contribution in [2.75, 3.05) is 6.54 Å². The predicted molar refractivity (Wildman–Crippen MR) is 185 cm³/mol. The summed E-state index contributed by atoms with van der Waals surface area (Å²) in [5.41, 5.74) is -0.462. The molecule has 12 heteroatoms. The van der Waals surface area contributed by atoms with Crippen molar-refractivity contribution in [2.24, 2.45) is 0 Å². The molecule has 3 aromatic heterocycles. The van der Waals surface area contributed by atoms with Crippen LogP contribution in [-0.4, -0.2) is 43.8 Å². The van der Waals surface area contributed by atoms with Crippen molar-refractivity contribution in [3.63, 3.8) is 0 Å². The van der Waals surface area contributed by atoms with Crippen LogP contribution < -0.4 is 16.2 Å². The molecule has 0 aliphatic heterocycles. The van der Waals surface area contributed by atoms with Crippen LogP contribution in [0.25, 0.3) is 21.3 Å². The van der Waals surface area contributed by atoms with E-state index in [9.17, 15) is 34.8 Å². The first-order valence-electron chi connectivity index (χ1n) is 14.9. The van der Waals surface area contributed by atoms with E-state index in [1.165, 1.54) is 34.8 Å². The van der Waals surface area contributed by atoms with E-state index in [1.807, 2.05) is 24.3 Å². The molecule has 0 spiro atoms. The van der Waals surface area contributed by atoms with Gasteiger partial charge in [-0.1, -0.05) is 54.6 Å². The number of thiophene rings is 2. The third-order valence-electron chi connectivity index (χ3n) is 7.94. The van der Waals surface area contributed by atoms with E-state index in [0.29, 0.717) is 28.9 Å². The van der Waals surface area contributed by atoms with Crippen LogP contribution in [0.1, 0.15) is 42.2 Å². The molecule has 6 aromatic rings. The van der Waals surface area contributed by atoms with Crippen LogP contribution >= 0.6 is 22.7 Å². The lowest BCUT2D eigenvalue weighted by Crippen LogP contribution is -2.36. The Morgan fingerprint density at radius 3 is 2.38 bits per heavy atom. The van der Waals surface area contributed by atoms with E-state index < -0.39 is 17.7 Å². The first-order valence-corrected chi connectivity index (χ1v) is 16.6. The third-order valence-corrected chi connectivity index (χ3v) is 10.2. The number of carboxylic acid groups (broad SMARTS) is 1. The monoisotopic (exact) mass is 681 g/mol. The van der Waals surface area contributed by atoms with Crippen LogP contribution in [-0.2, 0) is 23.5 Å². The van der Waals surface area contributed by atoms with E-state index in [1.54, 1.807) is 66.7 Å². The fourth-order valence-electron chi connectivity index (χ4n) is 5.46. The molecule has 0 aliphatic carbocycles. The zero-order chi connectivity index (χ0) is 33.8. The van der Waals surface area contributed by atoms with Crippen molar-refractivity contribution in [3.8, 4) is 16.2 Å². The lowest BCUT2D eigenvalue weighted by Gasteiger charge is -2.25. The molecule has 3 aromatic carbocycles. The minimum absolute atomic E-state index is 0.0731. The summed E-state index contributed by atoms with van der Waals surface area (Å²) in [6.45, 7) is 0.941. The minimum atomic E-state index is -2.20. The van der Waals surface area contributed by atoms with Crippen LogP contribution in [0, 0.1) is 0 Å². The summed E-state index contributed by atoms with van der Waals surface area (Å²) in [6, 6.07) is 28.5. The minimum Gasteiger partial charge on any atom is -0.506 e. The fraction of sp³-hybridized carbons (Fsp3) is 0.139. The number of phenolic OH excluding ortho intramolecular Hbond substituents is 1. The predicted octanol–water partition coefficient (Wildman–Crippen LogP) is 5.10. The van der Waals surface area contributed by atoms with Gasteiger partial charge in [-0.15, -0.1) is 22.7 Å². The van der Waals surface area contributed by atoms with E-state index in [2.05, 4.69) is 15.6 Å². The number of carbonyl (C=O) groups is 2. The van der Waals surface area contributed by atoms with Crippen LogP contribution in [0.2, 0.25) is 0 Å². The molecule has 0 bridgehead atoms. The number of hydrogen-bond acceptors (Lipinski definition) is 9. The van der Waals surface area contributed by atoms with Crippen molar-refractivity contribution in [1.82, 2.24) is 15.6 Å². The maximum atomic E-state index is 12.9. The fourth-order valence-corrected chi connectivity index (χ4v) is 7.30. The SMILES string of the molecule is O=C(NCc1ccc(-c2cccc([C@](O)(C(=O)O)c3ccccc3)c2)s1)c1ccc(CNC[C@H](O)c2ccc(O)c3[nH]c(=O)ccc23)s1. The van der Waals surface area contributed by atoms with Gasteiger partial charge in [0.1, 0.15) is 5.75 Å². The van der Waals surface area contributed by atoms with Gasteiger partial charge in [0, 0.05) is 44.7 Å². The number of aliphatic carboxylic acids is 1. The van der Waals surface area contributed by atoms with Gasteiger partial charge in [-0.3, -0.25) is 9.59 Å². The number of carbonyl (C=O) groups excluding carboxylic acids is 1. The Kier molecular flexibility index (Phi) is 9.53. The number of carboxylic acids is 1. The zero-order valence-electron chi connectivity index (χ0n) is 25.3. The number of H-pyrrole nitrogens is 1. The van der Waals surface area contributed by atoms with Crippen molar-refractivity contribution >= 4 is 45.5 Å². The second kappa shape index (κ2) is 13.9. The topological polar surface area (TPSA) is 172 Å². The number of aromatic hydroxyl groups is 1. The summed E-state index contributed by atoms with van der Waals surface area (Å²) in [7, 11) is 0. The molecule has 2 atom stereocenters. The molecule has 6 rings (SSSR count). The second-order valence-corrected chi connectivity index (χ2v) is 13.4. The highest BCUT2D eigenvalue weighted by Crippen LogP contribution is 2.35. The van der Waals surface area contributed by atoms with E-state index in [0.717, 1.165) is 20.2 Å². The summed E-state index contributed by atoms with van der Waals surface area (Å²) >= 11 is 2.80. The Labute approximate surface area is 282 Å². The van der Waals surface area contributed by atoms with Gasteiger partial charge in [0.05, 0.1) is 23.0 Å². The number of nitrogens with one attached hydrogen (secondary N) is 3. The average molecular weight is 682 g/mol. The highest BCUT2D eigenvalue weighted by atomic mass is 32.1. The lowest BCUT2D eigenvalue weighted by atomic mass is 9.85. The van der Waals surface area contributed by atoms with Gasteiger partial charge in [-0.2, -0.15) is 0 Å². The van der Waals surface area contributed by atoms with Crippen LogP contribution in [0.5, 0.6) is 5.75 Å². The number of phenols is 1. The second-order valence-electron chi connectivity index (χ2n) is 11.1. The average Bonchev–Trinajstić information content (AvgIpc) is 3.78. The van der Waals surface area contributed by atoms with Gasteiger partial charge in [0.2, 0.25) is 11.2 Å². The Hall–Kier alpha value is -5.11. The molecule has 0 saturated heterocycles. The van der Waals surface area contributed by atoms with Gasteiger partial charge < -0.3 is 36.0 Å². The molecule has 244 valence electrons. The van der Waals surface area contributed by atoms with Crippen LogP contribution in [0.4, 0.5) is 0 Å². The standard InChI is InChI=1S/C36H31N3O7S2/c40-28-13-11-26(27-12-16-32(42)39-33(27)28)29(41)20-37-18-24-10-15-31(48-24)34(43)38-19-25-9-14-30(47-25)21-5-4-8-23(17-21)36(46,35(44)45)22-6-2-1-3-7-22/h1-17,29,37,40-41,46H,18-20H2,(H,38,43)(H,39,42)(H,44,45)/t29-,36-/m0/s1. The Morgan fingerprint density at radius 2 is 1.58 bits per heavy atom. The highest BCUT2D eigenvalue weighted by molar-refractivity contribution is 7.15. The van der Waals surface area contributed by atoms with Crippen LogP contribution in [0.3, 0.4) is 0 Å². The summed E-state index contributed by atoms with van der Waals surface area (Å²) in [6.07, 6.45) is -0.896. The molecule has 10 nitrogen and oxygen atoms in total. The number of rotatable bonds is 12. The summed E-state index contributed by atoms with van der Waals surface area (Å²) < 4.78 is 0. The molecule has 0 unspecified atom stereocenters. The molecule has 3 heterocycles. The van der Waals surface area contributed by atoms with Crippen molar-refractivity contribution in [2.45, 2.75) is 24.8 Å². The maximum Gasteiger partial charge on any atom is 0.345 e. The number of pyridine rings is 1. The molecule has 0 radical (unpaired) electrons. The normalized spacial score (nSPS) is 13.2. The lowest BCUT2D eigenvalue weighted by molar-refractivity contribution is -0.155. The molecular formula is C36H31N3O7S2. The van der Waals surface area contributed by atoms with Crippen molar-refractivity contribution in [3.05, 3.63) is 145 Å². The largest absolute Gasteiger partial charge is 0.506 e. The van der Waals surface area contributed by atoms with Gasteiger partial charge in [-0.25, -0.2) is 4.79 Å². The Morgan fingerprint density at radius 1 is 0.833 bits per heavy atom. The Balaban J connectivity index is 1.04. The van der Waals surface area contributed by atoms with Crippen LogP contribution in [0.15, 0.2) is 108 Å². The molecule has 0 aliphatic rings. The number of aliphatic hydroxyl groups excluding tert-OH is 1. The van der Waals surface area contributed by atoms with Crippen molar-refractivity contribution < 1.29 is 30.0 Å². The molecule has 7 N–H and O–H groups in total. The van der Waals surface area contributed by atoms with Gasteiger partial charge in [0.25, 0.3) is 5.91 Å². The van der Waals surface area contributed by atoms with E-state index in [4.69, 9.17) is 0 Å². The quantitative estimate of drug-likeness (QED) is 0.0936. The number of hydrogen-bond donors (Lipinski definition) is 7. The summed E-state index contributed by atoms with van der Waals surface area (Å²) in [5, 5.41) is 48.8. The molecule has 48 heavy (non-hydrogen) atoms. The first kappa shape index (κ1) is 32.8. The smallest absolute Gasteiger partial charge is 0.345 e. The number of aromatic nitrogens is 1. The summed E-state index contributed by atoms with van der Waals surface area (Å²) in [4.78, 5) is 42.6. The zero-order valence-corrected chi connectivity index (χ0v) is 27.0. The van der Waals surface area contributed by atoms with Gasteiger partial charge in [-0.05, 0) is 59.2 Å². The van der Waals surface area contributed by atoms with E-state index >= 15 is 0 Å². The number of amides is 1. The highest BCUT2D eigenvalue weighted by Gasteiger charge is 2.40. The van der Waals surface area contributed by atoms with Crippen molar-refractivity contribution in [1.29, 1.82) is 0 Å². The number of benzene rings is 3.